The van der Waals surface area contributed by atoms with Gasteiger partial charge in [0, 0.05) is 25.9 Å². The van der Waals surface area contributed by atoms with E-state index in [9.17, 15) is 9.59 Å². The third kappa shape index (κ3) is 3.15. The largest absolute Gasteiger partial charge is 0.339 e. The second-order valence-corrected chi connectivity index (χ2v) is 5.16. The van der Waals surface area contributed by atoms with Crippen LogP contribution in [0.15, 0.2) is 4.52 Å². The molecule has 0 aliphatic carbocycles. The van der Waals surface area contributed by atoms with Crippen LogP contribution in [0.5, 0.6) is 0 Å². The number of amides is 2. The molecule has 1 atom stereocenters. The Morgan fingerprint density at radius 3 is 2.85 bits per heavy atom. The van der Waals surface area contributed by atoms with E-state index < -0.39 is 0 Å². The maximum absolute atomic E-state index is 12.1. The van der Waals surface area contributed by atoms with Gasteiger partial charge in [0.25, 0.3) is 0 Å². The number of aromatic nitrogens is 2. The molecule has 0 radical (unpaired) electrons. The van der Waals surface area contributed by atoms with Gasteiger partial charge in [-0.15, -0.1) is 0 Å². The average Bonchev–Trinajstić information content (AvgIpc) is 3.00. The van der Waals surface area contributed by atoms with Crippen LogP contribution in [0, 0.1) is 5.92 Å². The van der Waals surface area contributed by atoms with Gasteiger partial charge in [0.05, 0.1) is 13.1 Å². The number of hydrogen-bond donors (Lipinski definition) is 0. The first-order chi connectivity index (χ1) is 9.51. The third-order valence-electron chi connectivity index (χ3n) is 3.51. The summed E-state index contributed by atoms with van der Waals surface area (Å²) in [6.07, 6.45) is 1.49. The monoisotopic (exact) mass is 280 g/mol. The lowest BCUT2D eigenvalue weighted by Gasteiger charge is -2.20. The van der Waals surface area contributed by atoms with Crippen LogP contribution in [0.25, 0.3) is 0 Å². The lowest BCUT2D eigenvalue weighted by atomic mass is 10.1. The van der Waals surface area contributed by atoms with Crippen molar-refractivity contribution >= 4 is 11.8 Å². The molecule has 1 aliphatic heterocycles. The summed E-state index contributed by atoms with van der Waals surface area (Å²) in [7, 11) is 1.67. The molecule has 7 nitrogen and oxygen atoms in total. The maximum atomic E-state index is 12.1. The normalized spacial score (nSPS) is 18.6. The fourth-order valence-electron chi connectivity index (χ4n) is 2.13. The fraction of sp³-hybridized carbons (Fsp3) is 0.692. The van der Waals surface area contributed by atoms with E-state index in [0.29, 0.717) is 31.2 Å². The molecule has 2 amide bonds. The number of hydrogen-bond acceptors (Lipinski definition) is 5. The molecule has 1 aromatic heterocycles. The van der Waals surface area contributed by atoms with Crippen molar-refractivity contribution in [1.82, 2.24) is 19.9 Å². The summed E-state index contributed by atoms with van der Waals surface area (Å²) >= 11 is 0. The molecule has 2 heterocycles. The Balaban J connectivity index is 1.87. The van der Waals surface area contributed by atoms with Gasteiger partial charge >= 0.3 is 0 Å². The maximum Gasteiger partial charge on any atom is 0.242 e. The van der Waals surface area contributed by atoms with Crippen LogP contribution < -0.4 is 0 Å². The van der Waals surface area contributed by atoms with E-state index in [1.807, 2.05) is 13.8 Å². The third-order valence-corrected chi connectivity index (χ3v) is 3.51. The van der Waals surface area contributed by atoms with Crippen molar-refractivity contribution in [3.8, 4) is 0 Å². The van der Waals surface area contributed by atoms with Crippen molar-refractivity contribution in [2.75, 3.05) is 20.1 Å². The standard InChI is InChI=1S/C13H20N4O3/c1-4-11-14-10(15-20-11)7-16(3)12(18)8-17-6-5-9(2)13(17)19/h9H,4-8H2,1-3H3. The van der Waals surface area contributed by atoms with E-state index in [2.05, 4.69) is 10.1 Å². The van der Waals surface area contributed by atoms with Crippen molar-refractivity contribution in [2.45, 2.75) is 33.2 Å². The van der Waals surface area contributed by atoms with E-state index in [-0.39, 0.29) is 24.3 Å². The summed E-state index contributed by atoms with van der Waals surface area (Å²) in [4.78, 5) is 31.1. The summed E-state index contributed by atoms with van der Waals surface area (Å²) in [5, 5.41) is 3.81. The van der Waals surface area contributed by atoms with Gasteiger partial charge in [-0.1, -0.05) is 19.0 Å². The number of nitrogens with zero attached hydrogens (tertiary/aromatic N) is 4. The van der Waals surface area contributed by atoms with Gasteiger partial charge in [0.15, 0.2) is 5.82 Å². The molecule has 0 aromatic carbocycles. The molecular formula is C13H20N4O3. The lowest BCUT2D eigenvalue weighted by molar-refractivity contribution is -0.139. The molecular weight excluding hydrogens is 260 g/mol. The van der Waals surface area contributed by atoms with Crippen molar-refractivity contribution in [3.05, 3.63) is 11.7 Å². The van der Waals surface area contributed by atoms with Crippen LogP contribution in [-0.4, -0.2) is 51.9 Å². The highest BCUT2D eigenvalue weighted by Crippen LogP contribution is 2.16. The quantitative estimate of drug-likeness (QED) is 0.782. The minimum absolute atomic E-state index is 0.0254. The summed E-state index contributed by atoms with van der Waals surface area (Å²) in [6, 6.07) is 0. The van der Waals surface area contributed by atoms with Crippen molar-refractivity contribution in [1.29, 1.82) is 0 Å². The Labute approximate surface area is 117 Å². The molecule has 1 aliphatic rings. The molecule has 20 heavy (non-hydrogen) atoms. The molecule has 0 bridgehead atoms. The van der Waals surface area contributed by atoms with E-state index in [1.54, 1.807) is 11.9 Å². The van der Waals surface area contributed by atoms with E-state index >= 15 is 0 Å². The number of rotatable bonds is 5. The minimum Gasteiger partial charge on any atom is -0.339 e. The first kappa shape index (κ1) is 14.5. The molecule has 0 saturated carbocycles. The Bertz CT molecular complexity index is 500. The highest BCUT2D eigenvalue weighted by Gasteiger charge is 2.30. The van der Waals surface area contributed by atoms with Gasteiger partial charge in [0.2, 0.25) is 17.7 Å². The molecule has 1 unspecified atom stereocenters. The summed E-state index contributed by atoms with van der Waals surface area (Å²) < 4.78 is 5.00. The van der Waals surface area contributed by atoms with Crippen LogP contribution in [0.2, 0.25) is 0 Å². The van der Waals surface area contributed by atoms with Crippen LogP contribution in [0.3, 0.4) is 0 Å². The van der Waals surface area contributed by atoms with E-state index in [4.69, 9.17) is 4.52 Å². The molecule has 7 heteroatoms. The fourth-order valence-corrected chi connectivity index (χ4v) is 2.13. The average molecular weight is 280 g/mol. The van der Waals surface area contributed by atoms with Crippen LogP contribution >= 0.6 is 0 Å². The van der Waals surface area contributed by atoms with E-state index in [0.717, 1.165) is 6.42 Å². The molecule has 2 rings (SSSR count). The number of carbonyl (C=O) groups is 2. The molecule has 1 aromatic rings. The Morgan fingerprint density at radius 2 is 2.30 bits per heavy atom. The molecule has 1 fully saturated rings. The van der Waals surface area contributed by atoms with Gasteiger partial charge in [-0.2, -0.15) is 4.98 Å². The zero-order valence-corrected chi connectivity index (χ0v) is 12.1. The number of likely N-dealkylation sites (N-methyl/N-ethyl adjacent to an activating group) is 1. The Kier molecular flexibility index (Phi) is 4.36. The van der Waals surface area contributed by atoms with Gasteiger partial charge in [-0.05, 0) is 6.42 Å². The van der Waals surface area contributed by atoms with Crippen LogP contribution in [-0.2, 0) is 22.6 Å². The van der Waals surface area contributed by atoms with Crippen molar-refractivity contribution in [2.24, 2.45) is 5.92 Å². The summed E-state index contributed by atoms with van der Waals surface area (Å²) in [5.74, 6) is 1.01. The molecule has 0 N–H and O–H groups in total. The molecule has 1 saturated heterocycles. The topological polar surface area (TPSA) is 79.5 Å². The first-order valence-corrected chi connectivity index (χ1v) is 6.85. The molecule has 110 valence electrons. The van der Waals surface area contributed by atoms with E-state index in [1.165, 1.54) is 4.90 Å². The van der Waals surface area contributed by atoms with Gasteiger partial charge < -0.3 is 14.3 Å². The predicted molar refractivity (Wildman–Crippen MR) is 70.5 cm³/mol. The summed E-state index contributed by atoms with van der Waals surface area (Å²) in [5.41, 5.74) is 0. The second kappa shape index (κ2) is 6.02. The van der Waals surface area contributed by atoms with Crippen LogP contribution in [0.1, 0.15) is 32.0 Å². The highest BCUT2D eigenvalue weighted by atomic mass is 16.5. The van der Waals surface area contributed by atoms with Gasteiger partial charge in [0.1, 0.15) is 0 Å². The van der Waals surface area contributed by atoms with Crippen molar-refractivity contribution < 1.29 is 14.1 Å². The van der Waals surface area contributed by atoms with Gasteiger partial charge in [-0.3, -0.25) is 9.59 Å². The van der Waals surface area contributed by atoms with Gasteiger partial charge in [-0.25, -0.2) is 0 Å². The minimum atomic E-state index is -0.115. The smallest absolute Gasteiger partial charge is 0.242 e. The number of likely N-dealkylation sites (tertiary alicyclic amines) is 1. The number of aryl methyl sites for hydroxylation is 1. The lowest BCUT2D eigenvalue weighted by Crippen LogP contribution is -2.39. The summed E-state index contributed by atoms with van der Waals surface area (Å²) in [6.45, 7) is 4.88. The first-order valence-electron chi connectivity index (χ1n) is 6.85. The zero-order valence-electron chi connectivity index (χ0n) is 12.1. The van der Waals surface area contributed by atoms with Crippen LogP contribution in [0.4, 0.5) is 0 Å². The Hall–Kier alpha value is -1.92. The molecule has 0 spiro atoms. The SMILES string of the molecule is CCc1nc(CN(C)C(=O)CN2CCC(C)C2=O)no1. The second-order valence-electron chi connectivity index (χ2n) is 5.16. The highest BCUT2D eigenvalue weighted by molar-refractivity contribution is 5.86. The Morgan fingerprint density at radius 1 is 1.55 bits per heavy atom. The zero-order chi connectivity index (χ0) is 14.7. The van der Waals surface area contributed by atoms with Crippen molar-refractivity contribution in [3.63, 3.8) is 0 Å². The number of carbonyl (C=O) groups excluding carboxylic acids is 2. The predicted octanol–water partition coefficient (Wildman–Crippen LogP) is 0.459.